The summed E-state index contributed by atoms with van der Waals surface area (Å²) in [6.07, 6.45) is -0.460. The minimum Gasteiger partial charge on any atom is -0.326 e. The third-order valence-electron chi connectivity index (χ3n) is 7.39. The number of benzene rings is 3. The largest absolute Gasteiger partial charge is 0.416 e. The molecule has 5 rings (SSSR count). The Hall–Kier alpha value is -3.65. The van der Waals surface area contributed by atoms with E-state index in [0.717, 1.165) is 60.8 Å². The molecule has 38 heavy (non-hydrogen) atoms. The Labute approximate surface area is 220 Å². The molecule has 1 aromatic heterocycles. The average Bonchev–Trinajstić information content (AvgIpc) is 3.34. The van der Waals surface area contributed by atoms with Crippen molar-refractivity contribution in [2.75, 3.05) is 25.0 Å². The van der Waals surface area contributed by atoms with Crippen LogP contribution in [0.3, 0.4) is 0 Å². The van der Waals surface area contributed by atoms with Crippen molar-refractivity contribution in [1.29, 1.82) is 0 Å². The molecule has 1 fully saturated rings. The van der Waals surface area contributed by atoms with Gasteiger partial charge in [0.1, 0.15) is 6.33 Å². The second-order valence-corrected chi connectivity index (χ2v) is 9.95. The van der Waals surface area contributed by atoms with Crippen molar-refractivity contribution in [3.05, 3.63) is 89.7 Å². The first-order valence-corrected chi connectivity index (χ1v) is 13.0. The van der Waals surface area contributed by atoms with Crippen LogP contribution in [0.15, 0.2) is 73.1 Å². The zero-order valence-corrected chi connectivity index (χ0v) is 21.3. The molecule has 4 aromatic rings. The summed E-state index contributed by atoms with van der Waals surface area (Å²) in [6.45, 7) is 4.93. The molecule has 1 N–H and O–H groups in total. The number of para-hydroxylation sites is 2. The third-order valence-corrected chi connectivity index (χ3v) is 7.39. The fourth-order valence-corrected chi connectivity index (χ4v) is 5.24. The SMILES string of the molecule is CCN1CCC(Cc2ccc(NC(=O)Cc3ccc(-n4cnc5ccccc54)cc3)cc2C(F)(F)F)CC1. The second kappa shape index (κ2) is 11.0. The Morgan fingerprint density at radius 1 is 1.03 bits per heavy atom. The first-order chi connectivity index (χ1) is 18.3. The number of hydrogen-bond donors (Lipinski definition) is 1. The molecule has 0 spiro atoms. The number of hydrogen-bond acceptors (Lipinski definition) is 3. The van der Waals surface area contributed by atoms with Gasteiger partial charge in [0.25, 0.3) is 0 Å². The molecule has 3 aromatic carbocycles. The molecular formula is C30H31F3N4O. The van der Waals surface area contributed by atoms with Gasteiger partial charge in [-0.05, 0) is 92.3 Å². The van der Waals surface area contributed by atoms with Crippen LogP contribution < -0.4 is 5.32 Å². The Bertz CT molecular complexity index is 1400. The number of nitrogens with zero attached hydrogens (tertiary/aromatic N) is 3. The summed E-state index contributed by atoms with van der Waals surface area (Å²) in [5.41, 5.74) is 3.34. The zero-order chi connectivity index (χ0) is 26.7. The Balaban J connectivity index is 1.24. The number of fused-ring (bicyclic) bond motifs is 1. The molecule has 0 saturated carbocycles. The molecule has 2 heterocycles. The predicted octanol–water partition coefficient (Wildman–Crippen LogP) is 6.50. The van der Waals surface area contributed by atoms with Crippen molar-refractivity contribution >= 4 is 22.6 Å². The number of carbonyl (C=O) groups is 1. The number of alkyl halides is 3. The molecule has 1 saturated heterocycles. The topological polar surface area (TPSA) is 50.2 Å². The van der Waals surface area contributed by atoms with Gasteiger partial charge in [-0.2, -0.15) is 13.2 Å². The highest BCUT2D eigenvalue weighted by atomic mass is 19.4. The third kappa shape index (κ3) is 5.91. The van der Waals surface area contributed by atoms with E-state index in [4.69, 9.17) is 0 Å². The summed E-state index contributed by atoms with van der Waals surface area (Å²) < 4.78 is 43.7. The Morgan fingerprint density at radius 3 is 2.47 bits per heavy atom. The van der Waals surface area contributed by atoms with Gasteiger partial charge >= 0.3 is 6.18 Å². The van der Waals surface area contributed by atoms with Gasteiger partial charge in [-0.1, -0.05) is 37.3 Å². The lowest BCUT2D eigenvalue weighted by Crippen LogP contribution is -2.34. The summed E-state index contributed by atoms with van der Waals surface area (Å²) in [5.74, 6) is -0.124. The van der Waals surface area contributed by atoms with Crippen LogP contribution in [0.25, 0.3) is 16.7 Å². The molecule has 198 valence electrons. The summed E-state index contributed by atoms with van der Waals surface area (Å²) >= 11 is 0. The molecule has 1 aliphatic rings. The number of carbonyl (C=O) groups excluding carboxylic acids is 1. The van der Waals surface area contributed by atoms with Gasteiger partial charge in [-0.15, -0.1) is 0 Å². The fraction of sp³-hybridized carbons (Fsp3) is 0.333. The molecule has 8 heteroatoms. The van der Waals surface area contributed by atoms with Gasteiger partial charge in [-0.3, -0.25) is 9.36 Å². The molecule has 0 atom stereocenters. The lowest BCUT2D eigenvalue weighted by Gasteiger charge is -2.31. The van der Waals surface area contributed by atoms with E-state index < -0.39 is 11.7 Å². The number of anilines is 1. The number of nitrogens with one attached hydrogen (secondary N) is 1. The number of imidazole rings is 1. The smallest absolute Gasteiger partial charge is 0.326 e. The Kier molecular flexibility index (Phi) is 7.51. The number of piperidine rings is 1. The number of likely N-dealkylation sites (tertiary alicyclic amines) is 1. The van der Waals surface area contributed by atoms with Gasteiger partial charge in [0.2, 0.25) is 5.91 Å². The average molecular weight is 521 g/mol. The molecule has 1 amide bonds. The van der Waals surface area contributed by atoms with E-state index in [1.807, 2.05) is 53.1 Å². The van der Waals surface area contributed by atoms with Gasteiger partial charge in [0, 0.05) is 11.4 Å². The van der Waals surface area contributed by atoms with Crippen LogP contribution in [-0.2, 0) is 23.8 Å². The van der Waals surface area contributed by atoms with E-state index in [2.05, 4.69) is 22.1 Å². The molecule has 1 aliphatic heterocycles. The highest BCUT2D eigenvalue weighted by Gasteiger charge is 2.34. The van der Waals surface area contributed by atoms with Crippen LogP contribution in [0.1, 0.15) is 36.5 Å². The van der Waals surface area contributed by atoms with E-state index in [1.54, 1.807) is 12.4 Å². The fourth-order valence-electron chi connectivity index (χ4n) is 5.24. The maximum absolute atomic E-state index is 13.9. The minimum absolute atomic E-state index is 0.0596. The minimum atomic E-state index is -4.48. The van der Waals surface area contributed by atoms with Crippen molar-refractivity contribution in [2.24, 2.45) is 5.92 Å². The van der Waals surface area contributed by atoms with Crippen molar-refractivity contribution in [1.82, 2.24) is 14.5 Å². The number of amides is 1. The highest BCUT2D eigenvalue weighted by molar-refractivity contribution is 5.92. The second-order valence-electron chi connectivity index (χ2n) is 9.95. The number of aromatic nitrogens is 2. The quantitative estimate of drug-likeness (QED) is 0.303. The summed E-state index contributed by atoms with van der Waals surface area (Å²) in [4.78, 5) is 19.4. The maximum atomic E-state index is 13.9. The van der Waals surface area contributed by atoms with Crippen LogP contribution in [0.2, 0.25) is 0 Å². The lowest BCUT2D eigenvalue weighted by atomic mass is 9.88. The van der Waals surface area contributed by atoms with Crippen LogP contribution >= 0.6 is 0 Å². The van der Waals surface area contributed by atoms with E-state index in [9.17, 15) is 18.0 Å². The van der Waals surface area contributed by atoms with Crippen LogP contribution in [0, 0.1) is 5.92 Å². The van der Waals surface area contributed by atoms with Gasteiger partial charge in [-0.25, -0.2) is 4.98 Å². The predicted molar refractivity (Wildman–Crippen MR) is 143 cm³/mol. The molecular weight excluding hydrogens is 489 g/mol. The first kappa shape index (κ1) is 26.0. The highest BCUT2D eigenvalue weighted by Crippen LogP contribution is 2.36. The van der Waals surface area contributed by atoms with E-state index in [0.29, 0.717) is 12.0 Å². The van der Waals surface area contributed by atoms with Crippen molar-refractivity contribution in [2.45, 2.75) is 38.8 Å². The van der Waals surface area contributed by atoms with Crippen LogP contribution in [0.5, 0.6) is 0 Å². The first-order valence-electron chi connectivity index (χ1n) is 13.0. The van der Waals surface area contributed by atoms with Crippen molar-refractivity contribution in [3.63, 3.8) is 0 Å². The number of rotatable bonds is 7. The summed E-state index contributed by atoms with van der Waals surface area (Å²) in [7, 11) is 0. The maximum Gasteiger partial charge on any atom is 0.416 e. The molecule has 0 unspecified atom stereocenters. The standard InChI is InChI=1S/C30H31F3N4O/c1-2-36-15-13-22(14-16-36)17-23-9-10-24(19-26(23)30(31,32)33)35-29(38)18-21-7-11-25(12-8-21)37-20-34-27-5-3-4-6-28(27)37/h3-12,19-20,22H,2,13-18H2,1H3,(H,35,38). The molecule has 0 radical (unpaired) electrons. The van der Waals surface area contributed by atoms with Crippen molar-refractivity contribution < 1.29 is 18.0 Å². The van der Waals surface area contributed by atoms with Crippen molar-refractivity contribution in [3.8, 4) is 5.69 Å². The molecule has 0 bridgehead atoms. The monoisotopic (exact) mass is 520 g/mol. The Morgan fingerprint density at radius 2 is 1.76 bits per heavy atom. The summed E-state index contributed by atoms with van der Waals surface area (Å²) in [6, 6.07) is 19.5. The molecule has 5 nitrogen and oxygen atoms in total. The van der Waals surface area contributed by atoms with Gasteiger partial charge < -0.3 is 10.2 Å². The van der Waals surface area contributed by atoms with Gasteiger partial charge in [0.15, 0.2) is 0 Å². The zero-order valence-electron chi connectivity index (χ0n) is 21.3. The van der Waals surface area contributed by atoms with Gasteiger partial charge in [0.05, 0.1) is 23.0 Å². The lowest BCUT2D eigenvalue weighted by molar-refractivity contribution is -0.138. The molecule has 0 aliphatic carbocycles. The number of halogens is 3. The normalized spacial score (nSPS) is 15.2. The van der Waals surface area contributed by atoms with Crippen LogP contribution in [-0.4, -0.2) is 40.0 Å². The summed E-state index contributed by atoms with van der Waals surface area (Å²) in [5, 5.41) is 2.65. The van der Waals surface area contributed by atoms with Crippen LogP contribution in [0.4, 0.5) is 18.9 Å². The van der Waals surface area contributed by atoms with E-state index >= 15 is 0 Å². The van der Waals surface area contributed by atoms with E-state index in [-0.39, 0.29) is 23.9 Å². The van der Waals surface area contributed by atoms with E-state index in [1.165, 1.54) is 6.07 Å².